The zero-order chi connectivity index (χ0) is 15.5. The summed E-state index contributed by atoms with van der Waals surface area (Å²) in [5.41, 5.74) is 0.782. The summed E-state index contributed by atoms with van der Waals surface area (Å²) in [7, 11) is 0. The molecule has 2 amide bonds. The van der Waals surface area contributed by atoms with Gasteiger partial charge in [-0.2, -0.15) is 0 Å². The molecule has 1 saturated heterocycles. The Morgan fingerprint density at radius 3 is 3.05 bits per heavy atom. The Morgan fingerprint density at radius 2 is 2.23 bits per heavy atom. The van der Waals surface area contributed by atoms with Crippen molar-refractivity contribution in [2.24, 2.45) is 0 Å². The van der Waals surface area contributed by atoms with Crippen LogP contribution in [-0.4, -0.2) is 60.8 Å². The maximum Gasteiger partial charge on any atom is 0.407 e. The molecule has 7 nitrogen and oxygen atoms in total. The van der Waals surface area contributed by atoms with E-state index in [2.05, 4.69) is 5.32 Å². The first-order valence-corrected chi connectivity index (χ1v) is 7.38. The molecule has 1 aromatic rings. The minimum Gasteiger partial charge on any atom is -0.482 e. The van der Waals surface area contributed by atoms with Crippen molar-refractivity contribution in [3.05, 3.63) is 24.3 Å². The summed E-state index contributed by atoms with van der Waals surface area (Å²) in [4.78, 5) is 26.3. The summed E-state index contributed by atoms with van der Waals surface area (Å²) in [5, 5.41) is 12.4. The van der Waals surface area contributed by atoms with Crippen LogP contribution in [0.25, 0.3) is 0 Å². The molecule has 3 rings (SSSR count). The third-order valence-corrected chi connectivity index (χ3v) is 4.04. The molecule has 2 aliphatic rings. The molecular formula is C15H19N3O4. The van der Waals surface area contributed by atoms with Gasteiger partial charge < -0.3 is 25.0 Å². The van der Waals surface area contributed by atoms with Crippen LogP contribution in [-0.2, 0) is 4.79 Å². The predicted molar refractivity (Wildman–Crippen MR) is 80.3 cm³/mol. The monoisotopic (exact) mass is 305 g/mol. The summed E-state index contributed by atoms with van der Waals surface area (Å²) in [6.07, 6.45) is -0.191. The number of hydrogen-bond acceptors (Lipinski definition) is 4. The van der Waals surface area contributed by atoms with Gasteiger partial charge in [0.1, 0.15) is 5.75 Å². The van der Waals surface area contributed by atoms with E-state index in [1.54, 1.807) is 4.90 Å². The second kappa shape index (κ2) is 6.23. The highest BCUT2D eigenvalue weighted by Gasteiger charge is 2.27. The van der Waals surface area contributed by atoms with Gasteiger partial charge in [0.25, 0.3) is 5.91 Å². The number of hydrogen-bond donors (Lipinski definition) is 2. The van der Waals surface area contributed by atoms with E-state index >= 15 is 0 Å². The fourth-order valence-corrected chi connectivity index (χ4v) is 2.88. The fourth-order valence-electron chi connectivity index (χ4n) is 2.88. The van der Waals surface area contributed by atoms with Crippen molar-refractivity contribution in [2.45, 2.75) is 12.5 Å². The number of nitrogens with zero attached hydrogens (tertiary/aromatic N) is 2. The molecule has 2 heterocycles. The summed E-state index contributed by atoms with van der Waals surface area (Å²) in [6.45, 7) is 2.20. The van der Waals surface area contributed by atoms with Gasteiger partial charge in [-0.25, -0.2) is 4.79 Å². The summed E-state index contributed by atoms with van der Waals surface area (Å²) in [6, 6.07) is 7.52. The van der Waals surface area contributed by atoms with E-state index in [0.29, 0.717) is 38.3 Å². The van der Waals surface area contributed by atoms with Crippen LogP contribution in [0.2, 0.25) is 0 Å². The molecule has 2 N–H and O–H groups in total. The highest BCUT2D eigenvalue weighted by atomic mass is 16.5. The quantitative estimate of drug-likeness (QED) is 0.861. The Morgan fingerprint density at radius 1 is 1.41 bits per heavy atom. The predicted octanol–water partition coefficient (Wildman–Crippen LogP) is 0.754. The van der Waals surface area contributed by atoms with Gasteiger partial charge in [0.15, 0.2) is 6.61 Å². The van der Waals surface area contributed by atoms with Gasteiger partial charge in [0, 0.05) is 32.2 Å². The Labute approximate surface area is 128 Å². The maximum atomic E-state index is 12.1. The van der Waals surface area contributed by atoms with Gasteiger partial charge in [-0.1, -0.05) is 12.1 Å². The highest BCUT2D eigenvalue weighted by molar-refractivity contribution is 5.97. The average molecular weight is 305 g/mol. The van der Waals surface area contributed by atoms with E-state index in [4.69, 9.17) is 9.84 Å². The number of carbonyl (C=O) groups excluding carboxylic acids is 1. The van der Waals surface area contributed by atoms with Crippen molar-refractivity contribution in [1.82, 2.24) is 10.2 Å². The Hall–Kier alpha value is -2.28. The van der Waals surface area contributed by atoms with Crippen LogP contribution < -0.4 is 15.0 Å². The molecule has 22 heavy (non-hydrogen) atoms. The third-order valence-electron chi connectivity index (χ3n) is 4.04. The van der Waals surface area contributed by atoms with Crippen LogP contribution in [0.1, 0.15) is 6.42 Å². The minimum absolute atomic E-state index is 0.0519. The minimum atomic E-state index is -0.890. The number of amides is 2. The van der Waals surface area contributed by atoms with Crippen LogP contribution in [0, 0.1) is 0 Å². The number of ether oxygens (including phenoxy) is 1. The smallest absolute Gasteiger partial charge is 0.407 e. The molecule has 0 spiro atoms. The Kier molecular flexibility index (Phi) is 4.15. The molecule has 0 bridgehead atoms. The molecule has 0 aliphatic carbocycles. The second-order valence-electron chi connectivity index (χ2n) is 5.47. The zero-order valence-corrected chi connectivity index (χ0v) is 12.2. The SMILES string of the molecule is O=C(O)N1CCNC(CCN2C(=O)COc3ccccc32)C1. The van der Waals surface area contributed by atoms with Gasteiger partial charge in [-0.15, -0.1) is 0 Å². The lowest BCUT2D eigenvalue weighted by Gasteiger charge is -2.34. The van der Waals surface area contributed by atoms with Crippen LogP contribution >= 0.6 is 0 Å². The average Bonchev–Trinajstić information content (AvgIpc) is 2.54. The van der Waals surface area contributed by atoms with E-state index in [1.165, 1.54) is 4.90 Å². The molecule has 7 heteroatoms. The second-order valence-corrected chi connectivity index (χ2v) is 5.47. The molecular weight excluding hydrogens is 286 g/mol. The van der Waals surface area contributed by atoms with Crippen molar-refractivity contribution < 1.29 is 19.4 Å². The van der Waals surface area contributed by atoms with E-state index in [1.807, 2.05) is 24.3 Å². The van der Waals surface area contributed by atoms with Crippen LogP contribution in [0.4, 0.5) is 10.5 Å². The van der Waals surface area contributed by atoms with Crippen LogP contribution in [0.15, 0.2) is 24.3 Å². The largest absolute Gasteiger partial charge is 0.482 e. The molecule has 1 unspecified atom stereocenters. The number of benzene rings is 1. The van der Waals surface area contributed by atoms with Crippen molar-refractivity contribution in [2.75, 3.05) is 37.7 Å². The molecule has 0 radical (unpaired) electrons. The summed E-state index contributed by atoms with van der Waals surface area (Å²) in [5.74, 6) is 0.649. The van der Waals surface area contributed by atoms with Crippen molar-refractivity contribution >= 4 is 17.7 Å². The van der Waals surface area contributed by atoms with Gasteiger partial charge in [0.2, 0.25) is 0 Å². The third kappa shape index (κ3) is 2.99. The summed E-state index contributed by atoms with van der Waals surface area (Å²) >= 11 is 0. The topological polar surface area (TPSA) is 82.1 Å². The highest BCUT2D eigenvalue weighted by Crippen LogP contribution is 2.31. The number of anilines is 1. The van der Waals surface area contributed by atoms with Crippen LogP contribution in [0.5, 0.6) is 5.75 Å². The van der Waals surface area contributed by atoms with Gasteiger partial charge in [-0.05, 0) is 18.6 Å². The Balaban J connectivity index is 1.64. The first-order valence-electron chi connectivity index (χ1n) is 7.38. The number of nitrogens with one attached hydrogen (secondary N) is 1. The Bertz CT molecular complexity index is 578. The molecule has 2 aliphatic heterocycles. The van der Waals surface area contributed by atoms with Gasteiger partial charge in [-0.3, -0.25) is 4.79 Å². The number of fused-ring (bicyclic) bond motifs is 1. The normalized spacial score (nSPS) is 21.3. The first kappa shape index (κ1) is 14.6. The van der Waals surface area contributed by atoms with Crippen molar-refractivity contribution in [3.8, 4) is 5.75 Å². The van der Waals surface area contributed by atoms with E-state index < -0.39 is 6.09 Å². The number of piperazine rings is 1. The van der Waals surface area contributed by atoms with Crippen LogP contribution in [0.3, 0.4) is 0 Å². The van der Waals surface area contributed by atoms with Gasteiger partial charge >= 0.3 is 6.09 Å². The lowest BCUT2D eigenvalue weighted by molar-refractivity contribution is -0.121. The lowest BCUT2D eigenvalue weighted by atomic mass is 10.1. The van der Waals surface area contributed by atoms with E-state index in [9.17, 15) is 9.59 Å². The number of carbonyl (C=O) groups is 2. The number of rotatable bonds is 3. The zero-order valence-electron chi connectivity index (χ0n) is 12.2. The molecule has 118 valence electrons. The van der Waals surface area contributed by atoms with E-state index in [-0.39, 0.29) is 18.6 Å². The molecule has 1 fully saturated rings. The van der Waals surface area contributed by atoms with Crippen molar-refractivity contribution in [1.29, 1.82) is 0 Å². The standard InChI is InChI=1S/C15H19N3O4/c19-14-10-22-13-4-2-1-3-12(13)18(14)7-5-11-9-17(15(20)21)8-6-16-11/h1-4,11,16H,5-10H2,(H,20,21). The van der Waals surface area contributed by atoms with Crippen molar-refractivity contribution in [3.63, 3.8) is 0 Å². The molecule has 0 aromatic heterocycles. The molecule has 1 atom stereocenters. The number of carboxylic acid groups (broad SMARTS) is 1. The van der Waals surface area contributed by atoms with Gasteiger partial charge in [0.05, 0.1) is 5.69 Å². The molecule has 0 saturated carbocycles. The summed E-state index contributed by atoms with van der Waals surface area (Å²) < 4.78 is 5.41. The lowest BCUT2D eigenvalue weighted by Crippen LogP contribution is -2.53. The first-order chi connectivity index (χ1) is 10.6. The van der Waals surface area contributed by atoms with E-state index in [0.717, 1.165) is 5.69 Å². The number of para-hydroxylation sites is 2. The fraction of sp³-hybridized carbons (Fsp3) is 0.467. The maximum absolute atomic E-state index is 12.1. The molecule has 1 aromatic carbocycles.